The number of nitrogens with one attached hydrogen (secondary N) is 2. The number of aromatic nitrogens is 1. The third-order valence-corrected chi connectivity index (χ3v) is 4.25. The van der Waals surface area contributed by atoms with E-state index >= 15 is 0 Å². The average Bonchev–Trinajstić information content (AvgIpc) is 3.18. The molecule has 24 heavy (non-hydrogen) atoms. The summed E-state index contributed by atoms with van der Waals surface area (Å²) in [6.07, 6.45) is 1.15. The van der Waals surface area contributed by atoms with E-state index < -0.39 is 0 Å². The van der Waals surface area contributed by atoms with Crippen LogP contribution in [0.3, 0.4) is 0 Å². The largest absolute Gasteiger partial charge is 0.359 e. The molecule has 2 N–H and O–H groups in total. The van der Waals surface area contributed by atoms with Crippen molar-refractivity contribution in [3.63, 3.8) is 0 Å². The summed E-state index contributed by atoms with van der Waals surface area (Å²) in [5.41, 5.74) is 2.37. The van der Waals surface area contributed by atoms with Crippen LogP contribution in [0.1, 0.15) is 56.0 Å². The molecule has 2 atom stereocenters. The van der Waals surface area contributed by atoms with Crippen LogP contribution in [0.2, 0.25) is 0 Å². The SMILES string of the molecule is CCNC(=NCc1cc(C(C)C)no1)NC1CC1c1ccccc1. The van der Waals surface area contributed by atoms with E-state index in [0.717, 1.165) is 30.4 Å². The second kappa shape index (κ2) is 7.51. The number of hydrogen-bond donors (Lipinski definition) is 2. The average molecular weight is 326 g/mol. The fraction of sp³-hybridized carbons (Fsp3) is 0.474. The van der Waals surface area contributed by atoms with E-state index in [1.54, 1.807) is 0 Å². The Morgan fingerprint density at radius 3 is 2.79 bits per heavy atom. The van der Waals surface area contributed by atoms with Gasteiger partial charge in [0.2, 0.25) is 0 Å². The lowest BCUT2D eigenvalue weighted by molar-refractivity contribution is 0.376. The Balaban J connectivity index is 1.58. The Hall–Kier alpha value is -2.30. The van der Waals surface area contributed by atoms with Crippen LogP contribution in [-0.2, 0) is 6.54 Å². The van der Waals surface area contributed by atoms with E-state index in [-0.39, 0.29) is 0 Å². The van der Waals surface area contributed by atoms with Crippen LogP contribution < -0.4 is 10.6 Å². The first kappa shape index (κ1) is 16.6. The van der Waals surface area contributed by atoms with E-state index in [1.165, 1.54) is 5.56 Å². The van der Waals surface area contributed by atoms with Gasteiger partial charge in [-0.2, -0.15) is 0 Å². The van der Waals surface area contributed by atoms with Gasteiger partial charge in [0, 0.05) is 24.6 Å². The van der Waals surface area contributed by atoms with Gasteiger partial charge in [-0.3, -0.25) is 0 Å². The van der Waals surface area contributed by atoms with Crippen molar-refractivity contribution in [3.05, 3.63) is 53.4 Å². The molecule has 5 nitrogen and oxygen atoms in total. The van der Waals surface area contributed by atoms with Crippen LogP contribution in [0.25, 0.3) is 0 Å². The molecule has 1 aromatic carbocycles. The van der Waals surface area contributed by atoms with Gasteiger partial charge in [-0.1, -0.05) is 49.3 Å². The third kappa shape index (κ3) is 4.16. The number of rotatable bonds is 6. The van der Waals surface area contributed by atoms with Gasteiger partial charge >= 0.3 is 0 Å². The van der Waals surface area contributed by atoms with Gasteiger partial charge < -0.3 is 15.2 Å². The second-order valence-corrected chi connectivity index (χ2v) is 6.57. The Morgan fingerprint density at radius 2 is 2.12 bits per heavy atom. The van der Waals surface area contributed by atoms with E-state index in [0.29, 0.717) is 24.4 Å². The fourth-order valence-electron chi connectivity index (χ4n) is 2.75. The highest BCUT2D eigenvalue weighted by Crippen LogP contribution is 2.40. The molecule has 1 heterocycles. The van der Waals surface area contributed by atoms with Crippen molar-refractivity contribution in [1.82, 2.24) is 15.8 Å². The number of nitrogens with zero attached hydrogens (tertiary/aromatic N) is 2. The van der Waals surface area contributed by atoms with Gasteiger partial charge in [-0.25, -0.2) is 4.99 Å². The molecule has 0 amide bonds. The first-order chi connectivity index (χ1) is 11.7. The number of benzene rings is 1. The lowest BCUT2D eigenvalue weighted by Crippen LogP contribution is -2.39. The van der Waals surface area contributed by atoms with Crippen LogP contribution in [-0.4, -0.2) is 23.7 Å². The van der Waals surface area contributed by atoms with Crippen molar-refractivity contribution in [3.8, 4) is 0 Å². The van der Waals surface area contributed by atoms with Gasteiger partial charge in [-0.05, 0) is 24.8 Å². The molecular weight excluding hydrogens is 300 g/mol. The molecular formula is C19H26N4O. The zero-order valence-corrected chi connectivity index (χ0v) is 14.6. The van der Waals surface area contributed by atoms with Gasteiger partial charge in [0.05, 0.1) is 5.69 Å². The molecule has 1 fully saturated rings. The first-order valence-electron chi connectivity index (χ1n) is 8.72. The highest BCUT2D eigenvalue weighted by atomic mass is 16.5. The Morgan fingerprint density at radius 1 is 1.33 bits per heavy atom. The zero-order valence-electron chi connectivity index (χ0n) is 14.6. The fourth-order valence-corrected chi connectivity index (χ4v) is 2.75. The molecule has 0 spiro atoms. The van der Waals surface area contributed by atoms with Gasteiger partial charge in [-0.15, -0.1) is 0 Å². The molecule has 128 valence electrons. The van der Waals surface area contributed by atoms with Gasteiger partial charge in [0.15, 0.2) is 11.7 Å². The van der Waals surface area contributed by atoms with Crippen molar-refractivity contribution in [1.29, 1.82) is 0 Å². The predicted octanol–water partition coefficient (Wildman–Crippen LogP) is 3.41. The quantitative estimate of drug-likeness (QED) is 0.631. The first-order valence-corrected chi connectivity index (χ1v) is 8.72. The van der Waals surface area contributed by atoms with Crippen LogP contribution in [0, 0.1) is 0 Å². The maximum Gasteiger partial charge on any atom is 0.191 e. The molecule has 1 aromatic heterocycles. The van der Waals surface area contributed by atoms with Crippen LogP contribution in [0.4, 0.5) is 0 Å². The smallest absolute Gasteiger partial charge is 0.191 e. The molecule has 0 saturated heterocycles. The van der Waals surface area contributed by atoms with Crippen molar-refractivity contribution >= 4 is 5.96 Å². The summed E-state index contributed by atoms with van der Waals surface area (Å²) in [5.74, 6) is 2.58. The van der Waals surface area contributed by atoms with Crippen LogP contribution >= 0.6 is 0 Å². The highest BCUT2D eigenvalue weighted by molar-refractivity contribution is 5.80. The van der Waals surface area contributed by atoms with E-state index in [1.807, 2.05) is 6.07 Å². The molecule has 1 saturated carbocycles. The molecule has 1 aliphatic rings. The van der Waals surface area contributed by atoms with Crippen LogP contribution in [0.15, 0.2) is 45.9 Å². The summed E-state index contributed by atoms with van der Waals surface area (Å²) in [4.78, 5) is 4.63. The maximum absolute atomic E-state index is 5.35. The minimum Gasteiger partial charge on any atom is -0.359 e. The topological polar surface area (TPSA) is 62.5 Å². The predicted molar refractivity (Wildman–Crippen MR) is 96.1 cm³/mol. The lowest BCUT2D eigenvalue weighted by atomic mass is 10.1. The summed E-state index contributed by atoms with van der Waals surface area (Å²) in [6.45, 7) is 7.62. The Labute approximate surface area is 143 Å². The van der Waals surface area contributed by atoms with Crippen LogP contribution in [0.5, 0.6) is 0 Å². The number of aliphatic imine (C=N–C) groups is 1. The van der Waals surface area contributed by atoms with Crippen molar-refractivity contribution in [2.75, 3.05) is 6.54 Å². The summed E-state index contributed by atoms with van der Waals surface area (Å²) in [7, 11) is 0. The number of guanidine groups is 1. The maximum atomic E-state index is 5.35. The van der Waals surface area contributed by atoms with Crippen molar-refractivity contribution in [2.24, 2.45) is 4.99 Å². The zero-order chi connectivity index (χ0) is 16.9. The third-order valence-electron chi connectivity index (χ3n) is 4.25. The molecule has 0 bridgehead atoms. The molecule has 0 radical (unpaired) electrons. The molecule has 2 unspecified atom stereocenters. The highest BCUT2D eigenvalue weighted by Gasteiger charge is 2.38. The monoisotopic (exact) mass is 326 g/mol. The molecule has 3 rings (SSSR count). The second-order valence-electron chi connectivity index (χ2n) is 6.57. The summed E-state index contributed by atoms with van der Waals surface area (Å²) in [6, 6.07) is 13.1. The summed E-state index contributed by atoms with van der Waals surface area (Å²) < 4.78 is 5.35. The number of hydrogen-bond acceptors (Lipinski definition) is 3. The van der Waals surface area contributed by atoms with E-state index in [9.17, 15) is 0 Å². The van der Waals surface area contributed by atoms with E-state index in [2.05, 4.69) is 71.9 Å². The minimum atomic E-state index is 0.371. The van der Waals surface area contributed by atoms with Gasteiger partial charge in [0.25, 0.3) is 0 Å². The summed E-state index contributed by atoms with van der Waals surface area (Å²) >= 11 is 0. The van der Waals surface area contributed by atoms with Gasteiger partial charge in [0.1, 0.15) is 6.54 Å². The molecule has 1 aliphatic carbocycles. The summed E-state index contributed by atoms with van der Waals surface area (Å²) in [5, 5.41) is 10.9. The lowest BCUT2D eigenvalue weighted by Gasteiger charge is -2.10. The molecule has 2 aromatic rings. The van der Waals surface area contributed by atoms with E-state index in [4.69, 9.17) is 4.52 Å². The Bertz CT molecular complexity index is 678. The Kier molecular flexibility index (Phi) is 5.18. The molecule has 5 heteroatoms. The normalized spacial score (nSPS) is 20.2. The minimum absolute atomic E-state index is 0.371. The van der Waals surface area contributed by atoms with Crippen molar-refractivity contribution < 1.29 is 4.52 Å². The standard InChI is InChI=1S/C19H26N4O/c1-4-20-19(21-12-15-10-17(13(2)3)23-24-15)22-18-11-16(18)14-8-6-5-7-9-14/h5-10,13,16,18H,4,11-12H2,1-3H3,(H2,20,21,22). The molecule has 0 aliphatic heterocycles. The van der Waals surface area contributed by atoms with Crippen molar-refractivity contribution in [2.45, 2.75) is 51.6 Å².